The van der Waals surface area contributed by atoms with Crippen LogP contribution in [0.25, 0.3) is 0 Å². The van der Waals surface area contributed by atoms with E-state index in [1.807, 2.05) is 0 Å². The van der Waals surface area contributed by atoms with Crippen molar-refractivity contribution in [1.82, 2.24) is 4.98 Å². The van der Waals surface area contributed by atoms with E-state index in [9.17, 15) is 15.3 Å². The molecule has 1 aliphatic rings. The van der Waals surface area contributed by atoms with Gasteiger partial charge in [0.1, 0.15) is 24.4 Å². The summed E-state index contributed by atoms with van der Waals surface area (Å²) in [6.45, 7) is -0.494. The molecule has 0 aromatic carbocycles. The van der Waals surface area contributed by atoms with Crippen molar-refractivity contribution in [3.63, 3.8) is 0 Å². The highest BCUT2D eigenvalue weighted by atomic mass is 16.6. The van der Waals surface area contributed by atoms with E-state index in [0.717, 1.165) is 0 Å². The van der Waals surface area contributed by atoms with Gasteiger partial charge >= 0.3 is 0 Å². The third-order valence-electron chi connectivity index (χ3n) is 2.93. The number of aliphatic hydroxyl groups excluding tert-OH is 4. The van der Waals surface area contributed by atoms with Crippen molar-refractivity contribution >= 4 is 6.21 Å². The second kappa shape index (κ2) is 6.18. The number of ether oxygens (including phenoxy) is 1. The van der Waals surface area contributed by atoms with E-state index < -0.39 is 37.3 Å². The van der Waals surface area contributed by atoms with Gasteiger partial charge < -0.3 is 25.2 Å². The summed E-state index contributed by atoms with van der Waals surface area (Å²) < 4.78 is 4.98. The lowest BCUT2D eigenvalue weighted by Crippen LogP contribution is -2.57. The molecule has 1 aromatic heterocycles. The Kier molecular flexibility index (Phi) is 4.56. The molecule has 0 amide bonds. The van der Waals surface area contributed by atoms with Crippen LogP contribution in [-0.2, 0) is 4.74 Å². The maximum Gasteiger partial charge on any atom is 0.180 e. The average Bonchev–Trinajstić information content (AvgIpc) is 2.44. The van der Waals surface area contributed by atoms with Crippen molar-refractivity contribution in [2.24, 2.45) is 4.99 Å². The van der Waals surface area contributed by atoms with Gasteiger partial charge in [-0.15, -0.1) is 0 Å². The van der Waals surface area contributed by atoms with Gasteiger partial charge in [-0.2, -0.15) is 0 Å². The summed E-state index contributed by atoms with van der Waals surface area (Å²) in [5.41, 5.74) is 0.556. The van der Waals surface area contributed by atoms with Crippen LogP contribution >= 0.6 is 0 Å². The quantitative estimate of drug-likeness (QED) is 0.486. The van der Waals surface area contributed by atoms with Crippen LogP contribution in [0, 0.1) is 0 Å². The fourth-order valence-corrected chi connectivity index (χ4v) is 1.86. The van der Waals surface area contributed by atoms with Crippen molar-refractivity contribution in [3.05, 3.63) is 30.1 Å². The molecule has 2 rings (SSSR count). The Labute approximate surface area is 109 Å². The van der Waals surface area contributed by atoms with Crippen molar-refractivity contribution in [3.8, 4) is 0 Å². The van der Waals surface area contributed by atoms with Gasteiger partial charge in [-0.1, -0.05) is 6.07 Å². The number of rotatable bonds is 3. The Balaban J connectivity index is 2.09. The smallest absolute Gasteiger partial charge is 0.180 e. The summed E-state index contributed by atoms with van der Waals surface area (Å²) in [6, 6.07) is 4.20. The minimum atomic E-state index is -1.39. The zero-order chi connectivity index (χ0) is 13.8. The molecule has 1 fully saturated rings. The number of nitrogens with zero attached hydrogens (tertiary/aromatic N) is 2. The Morgan fingerprint density at radius 2 is 2.05 bits per heavy atom. The van der Waals surface area contributed by atoms with Crippen molar-refractivity contribution in [2.45, 2.75) is 30.6 Å². The van der Waals surface area contributed by atoms with E-state index in [1.165, 1.54) is 6.21 Å². The largest absolute Gasteiger partial charge is 0.394 e. The Hall–Kier alpha value is -1.38. The van der Waals surface area contributed by atoms with Crippen LogP contribution in [0.5, 0.6) is 0 Å². The van der Waals surface area contributed by atoms with Crippen LogP contribution in [0.2, 0.25) is 0 Å². The monoisotopic (exact) mass is 268 g/mol. The van der Waals surface area contributed by atoms with Gasteiger partial charge in [-0.25, -0.2) is 0 Å². The number of aromatic nitrogens is 1. The predicted octanol–water partition coefficient (Wildman–Crippen LogP) is -1.70. The Morgan fingerprint density at radius 1 is 1.26 bits per heavy atom. The first-order chi connectivity index (χ1) is 9.13. The van der Waals surface area contributed by atoms with E-state index in [2.05, 4.69) is 9.98 Å². The van der Waals surface area contributed by atoms with E-state index in [0.29, 0.717) is 5.69 Å². The predicted molar refractivity (Wildman–Crippen MR) is 65.6 cm³/mol. The summed E-state index contributed by atoms with van der Waals surface area (Å²) in [5.74, 6) is 0. The first-order valence-electron chi connectivity index (χ1n) is 5.88. The minimum Gasteiger partial charge on any atom is -0.394 e. The second-order valence-corrected chi connectivity index (χ2v) is 4.25. The van der Waals surface area contributed by atoms with Crippen LogP contribution in [0.4, 0.5) is 0 Å². The number of aliphatic hydroxyl groups is 4. The molecule has 2 heterocycles. The molecule has 0 saturated carbocycles. The Morgan fingerprint density at radius 3 is 2.68 bits per heavy atom. The van der Waals surface area contributed by atoms with Gasteiger partial charge in [0.2, 0.25) is 0 Å². The summed E-state index contributed by atoms with van der Waals surface area (Å²) in [5, 5.41) is 38.2. The maximum absolute atomic E-state index is 9.85. The summed E-state index contributed by atoms with van der Waals surface area (Å²) >= 11 is 0. The van der Waals surface area contributed by atoms with Crippen LogP contribution in [0.15, 0.2) is 29.4 Å². The lowest BCUT2D eigenvalue weighted by molar-refractivity contribution is -0.248. The van der Waals surface area contributed by atoms with E-state index in [-0.39, 0.29) is 0 Å². The average molecular weight is 268 g/mol. The summed E-state index contributed by atoms with van der Waals surface area (Å²) in [4.78, 5) is 7.99. The van der Waals surface area contributed by atoms with Crippen LogP contribution in [0.1, 0.15) is 5.69 Å². The van der Waals surface area contributed by atoms with Gasteiger partial charge in [0.25, 0.3) is 0 Å². The summed E-state index contributed by atoms with van der Waals surface area (Å²) in [7, 11) is 0. The molecular weight excluding hydrogens is 252 g/mol. The molecule has 7 nitrogen and oxygen atoms in total. The topological polar surface area (TPSA) is 115 Å². The van der Waals surface area contributed by atoms with Crippen LogP contribution in [-0.4, -0.2) is 68.9 Å². The molecule has 5 atom stereocenters. The minimum absolute atomic E-state index is 0.494. The van der Waals surface area contributed by atoms with Crippen molar-refractivity contribution in [1.29, 1.82) is 0 Å². The van der Waals surface area contributed by atoms with E-state index in [1.54, 1.807) is 24.4 Å². The Bertz CT molecular complexity index is 427. The van der Waals surface area contributed by atoms with Crippen LogP contribution in [0.3, 0.4) is 0 Å². The second-order valence-electron chi connectivity index (χ2n) is 4.25. The van der Waals surface area contributed by atoms with Gasteiger partial charge in [-0.05, 0) is 12.1 Å². The standard InChI is InChI=1S/C12H16N2O5/c15-6-8-10(16)11(17)9(12(18)19-8)14-5-7-3-1-2-4-13-7/h1-5,8-12,15-18H,6H2/t8-,9-,10-,11-,12?/m1/s1. The highest BCUT2D eigenvalue weighted by molar-refractivity contribution is 5.76. The number of hydrogen-bond acceptors (Lipinski definition) is 7. The molecule has 19 heavy (non-hydrogen) atoms. The molecule has 104 valence electrons. The normalized spacial score (nSPS) is 35.7. The molecule has 1 aliphatic heterocycles. The molecule has 1 saturated heterocycles. The molecule has 7 heteroatoms. The van der Waals surface area contributed by atoms with Gasteiger partial charge in [-0.3, -0.25) is 9.98 Å². The van der Waals surface area contributed by atoms with E-state index in [4.69, 9.17) is 9.84 Å². The fraction of sp³-hybridized carbons (Fsp3) is 0.500. The lowest BCUT2D eigenvalue weighted by Gasteiger charge is -2.38. The number of hydrogen-bond donors (Lipinski definition) is 4. The first-order valence-corrected chi connectivity index (χ1v) is 5.88. The fourth-order valence-electron chi connectivity index (χ4n) is 1.86. The zero-order valence-electron chi connectivity index (χ0n) is 10.1. The van der Waals surface area contributed by atoms with Gasteiger partial charge in [0, 0.05) is 12.4 Å². The van der Waals surface area contributed by atoms with Crippen LogP contribution < -0.4 is 0 Å². The van der Waals surface area contributed by atoms with Gasteiger partial charge in [0.15, 0.2) is 6.29 Å². The lowest BCUT2D eigenvalue weighted by atomic mass is 9.97. The highest BCUT2D eigenvalue weighted by Gasteiger charge is 2.43. The molecule has 0 aliphatic carbocycles. The number of pyridine rings is 1. The van der Waals surface area contributed by atoms with Crippen molar-refractivity contribution < 1.29 is 25.2 Å². The molecular formula is C12H16N2O5. The first kappa shape index (κ1) is 14.0. The van der Waals surface area contributed by atoms with Gasteiger partial charge in [0.05, 0.1) is 12.3 Å². The highest BCUT2D eigenvalue weighted by Crippen LogP contribution is 2.21. The molecule has 4 N–H and O–H groups in total. The molecule has 0 spiro atoms. The third kappa shape index (κ3) is 3.14. The third-order valence-corrected chi connectivity index (χ3v) is 2.93. The van der Waals surface area contributed by atoms with E-state index >= 15 is 0 Å². The van der Waals surface area contributed by atoms with Crippen molar-refractivity contribution in [2.75, 3.05) is 6.61 Å². The number of aliphatic imine (C=N–C) groups is 1. The molecule has 1 aromatic rings. The maximum atomic E-state index is 9.85. The molecule has 0 radical (unpaired) electrons. The summed E-state index contributed by atoms with van der Waals surface area (Å²) in [6.07, 6.45) is -2.07. The zero-order valence-corrected chi connectivity index (χ0v) is 10.1. The molecule has 1 unspecified atom stereocenters. The molecule has 0 bridgehead atoms. The SMILES string of the molecule is OC[C@H]1OC(O)[C@H](N=Cc2ccccn2)[C@@H](O)[C@@H]1O.